The number of nitrogens with zero attached hydrogens (tertiary/aromatic N) is 5. The van der Waals surface area contributed by atoms with Crippen molar-refractivity contribution in [3.05, 3.63) is 47.0 Å². The number of halogens is 2. The molecular formula is C33H44ClFN8O4. The quantitative estimate of drug-likeness (QED) is 0.307. The molecule has 12 nitrogen and oxygen atoms in total. The van der Waals surface area contributed by atoms with Crippen molar-refractivity contribution in [1.82, 2.24) is 35.3 Å². The van der Waals surface area contributed by atoms with E-state index in [0.29, 0.717) is 78.7 Å². The molecule has 5 rings (SSSR count). The number of hydrogen-bond acceptors (Lipinski definition) is 10. The Hall–Kier alpha value is -3.78. The van der Waals surface area contributed by atoms with Gasteiger partial charge in [0.1, 0.15) is 18.0 Å². The lowest BCUT2D eigenvalue weighted by Gasteiger charge is -2.34. The second-order valence-corrected chi connectivity index (χ2v) is 12.4. The number of carbonyl (C=O) groups excluding carboxylic acids is 2. The van der Waals surface area contributed by atoms with Crippen LogP contribution >= 0.6 is 11.6 Å². The molecule has 3 N–H and O–H groups in total. The summed E-state index contributed by atoms with van der Waals surface area (Å²) in [6, 6.07) is 6.17. The van der Waals surface area contributed by atoms with Crippen molar-refractivity contribution >= 4 is 45.8 Å². The van der Waals surface area contributed by atoms with Gasteiger partial charge >= 0.3 is 0 Å². The number of benzene rings is 2. The van der Waals surface area contributed by atoms with E-state index < -0.39 is 11.9 Å². The zero-order valence-electron chi connectivity index (χ0n) is 27.3. The maximum Gasteiger partial charge on any atom is 0.237 e. The number of piperazine rings is 1. The van der Waals surface area contributed by atoms with Gasteiger partial charge in [-0.25, -0.2) is 14.4 Å². The first-order valence-electron chi connectivity index (χ1n) is 16.1. The van der Waals surface area contributed by atoms with E-state index in [1.165, 1.54) is 18.5 Å². The molecule has 0 unspecified atom stereocenters. The molecule has 1 saturated heterocycles. The van der Waals surface area contributed by atoms with Gasteiger partial charge in [-0.3, -0.25) is 19.4 Å². The molecule has 2 amide bonds. The van der Waals surface area contributed by atoms with E-state index in [2.05, 4.69) is 35.7 Å². The van der Waals surface area contributed by atoms with Crippen molar-refractivity contribution in [2.24, 2.45) is 0 Å². The van der Waals surface area contributed by atoms with Gasteiger partial charge in [-0.1, -0.05) is 11.6 Å². The van der Waals surface area contributed by atoms with Gasteiger partial charge in [0.05, 0.1) is 29.8 Å². The van der Waals surface area contributed by atoms with Gasteiger partial charge in [0.2, 0.25) is 11.8 Å². The third-order valence-electron chi connectivity index (χ3n) is 8.58. The number of anilines is 2. The lowest BCUT2D eigenvalue weighted by Crippen LogP contribution is -2.48. The van der Waals surface area contributed by atoms with E-state index in [4.69, 9.17) is 21.1 Å². The van der Waals surface area contributed by atoms with Gasteiger partial charge in [-0.05, 0) is 50.6 Å². The number of nitrogens with one attached hydrogen (secondary N) is 3. The smallest absolute Gasteiger partial charge is 0.237 e. The SMILES string of the molecule is CC(=O)NCCN1CCN(CCCOc2cc3ncnc4c3cc2OCCCNC(=O)[C@H](C)N(C)Cc2cc(F)c(Cl)cc2N4)CC1. The van der Waals surface area contributed by atoms with Gasteiger partial charge < -0.3 is 30.3 Å². The number of ether oxygens (including phenoxy) is 2. The molecule has 254 valence electrons. The summed E-state index contributed by atoms with van der Waals surface area (Å²) in [4.78, 5) is 39.6. The Bertz CT molecular complexity index is 1550. The molecule has 0 radical (unpaired) electrons. The minimum Gasteiger partial charge on any atom is -0.490 e. The van der Waals surface area contributed by atoms with E-state index >= 15 is 0 Å². The highest BCUT2D eigenvalue weighted by molar-refractivity contribution is 6.31. The third-order valence-corrected chi connectivity index (χ3v) is 8.87. The molecule has 1 aromatic heterocycles. The number of aromatic nitrogens is 2. The second-order valence-electron chi connectivity index (χ2n) is 12.0. The van der Waals surface area contributed by atoms with Crippen molar-refractivity contribution in [3.63, 3.8) is 0 Å². The standard InChI is InChI=1S/C33H44ClFN8O4/c1-22-33(45)37-6-4-14-46-30-17-25-29(38-21-39-32(25)40-28-18-26(34)27(35)16-24(28)20-41(22)3)19-31(30)47-15-5-8-42-10-12-43(13-11-42)9-7-36-23(2)44/h16-19,21-22H,4-15,20H2,1-3H3,(H,36,44)(H,37,45)(H,38,39,40)/t22-/m0/s1. The fraction of sp³-hybridized carbons (Fsp3) is 0.515. The van der Waals surface area contributed by atoms with Gasteiger partial charge in [0.25, 0.3) is 0 Å². The van der Waals surface area contributed by atoms with Crippen LogP contribution in [0.4, 0.5) is 15.9 Å². The molecule has 1 atom stereocenters. The molecule has 1 fully saturated rings. The van der Waals surface area contributed by atoms with E-state index in [0.717, 1.165) is 45.7 Å². The summed E-state index contributed by atoms with van der Waals surface area (Å²) < 4.78 is 27.1. The summed E-state index contributed by atoms with van der Waals surface area (Å²) in [5.74, 6) is 0.968. The summed E-state index contributed by atoms with van der Waals surface area (Å²) >= 11 is 6.20. The van der Waals surface area contributed by atoms with E-state index in [1.807, 2.05) is 31.0 Å². The van der Waals surface area contributed by atoms with E-state index in [-0.39, 0.29) is 16.8 Å². The largest absolute Gasteiger partial charge is 0.490 e. The molecule has 47 heavy (non-hydrogen) atoms. The second kappa shape index (κ2) is 16.4. The number of likely N-dealkylation sites (N-methyl/N-ethyl adjacent to an activating group) is 1. The lowest BCUT2D eigenvalue weighted by atomic mass is 10.1. The number of rotatable bonds is 8. The molecule has 3 aromatic rings. The Balaban J connectivity index is 1.30. The summed E-state index contributed by atoms with van der Waals surface area (Å²) in [6.07, 6.45) is 2.90. The average molecular weight is 671 g/mol. The molecule has 2 aromatic carbocycles. The topological polar surface area (TPSA) is 124 Å². The lowest BCUT2D eigenvalue weighted by molar-refractivity contribution is -0.125. The number of hydrogen-bond donors (Lipinski definition) is 3. The molecular weight excluding hydrogens is 627 g/mol. The maximum absolute atomic E-state index is 14.6. The normalized spacial score (nSPS) is 18.7. The number of fused-ring (bicyclic) bond motifs is 2. The summed E-state index contributed by atoms with van der Waals surface area (Å²) in [6.45, 7) is 11.3. The first-order chi connectivity index (χ1) is 22.7. The Morgan fingerprint density at radius 3 is 2.68 bits per heavy atom. The zero-order chi connectivity index (χ0) is 33.3. The average Bonchev–Trinajstić information content (AvgIpc) is 3.05. The first kappa shape index (κ1) is 34.6. The predicted octanol–water partition coefficient (Wildman–Crippen LogP) is 3.41. The fourth-order valence-electron chi connectivity index (χ4n) is 5.67. The molecule has 2 aliphatic heterocycles. The predicted molar refractivity (Wildman–Crippen MR) is 180 cm³/mol. The Labute approximate surface area is 279 Å². The van der Waals surface area contributed by atoms with Crippen LogP contribution in [0, 0.1) is 5.82 Å². The highest BCUT2D eigenvalue weighted by Crippen LogP contribution is 2.36. The van der Waals surface area contributed by atoms with Crippen LogP contribution in [0.25, 0.3) is 10.9 Å². The Morgan fingerprint density at radius 2 is 1.91 bits per heavy atom. The third kappa shape index (κ3) is 9.40. The number of carbonyl (C=O) groups is 2. The molecule has 3 heterocycles. The van der Waals surface area contributed by atoms with Crippen molar-refractivity contribution < 1.29 is 23.5 Å². The Morgan fingerprint density at radius 1 is 1.15 bits per heavy atom. The van der Waals surface area contributed by atoms with Crippen LogP contribution in [0.5, 0.6) is 11.5 Å². The number of amides is 2. The maximum atomic E-state index is 14.6. The molecule has 2 bridgehead atoms. The molecule has 0 aliphatic carbocycles. The van der Waals surface area contributed by atoms with Gasteiger partial charge in [0, 0.05) is 83.0 Å². The van der Waals surface area contributed by atoms with Crippen molar-refractivity contribution in [2.45, 2.75) is 39.3 Å². The molecule has 0 spiro atoms. The van der Waals surface area contributed by atoms with E-state index in [1.54, 1.807) is 6.92 Å². The molecule has 14 heteroatoms. The van der Waals surface area contributed by atoms with E-state index in [9.17, 15) is 14.0 Å². The van der Waals surface area contributed by atoms with Crippen LogP contribution in [0.15, 0.2) is 30.6 Å². The van der Waals surface area contributed by atoms with Crippen LogP contribution in [0.1, 0.15) is 32.3 Å². The van der Waals surface area contributed by atoms with Gasteiger partial charge in [-0.2, -0.15) is 0 Å². The minimum absolute atomic E-state index is 0.00397. The highest BCUT2D eigenvalue weighted by atomic mass is 35.5. The van der Waals surface area contributed by atoms with Crippen LogP contribution < -0.4 is 25.4 Å². The highest BCUT2D eigenvalue weighted by Gasteiger charge is 2.22. The molecule has 2 aliphatic rings. The monoisotopic (exact) mass is 670 g/mol. The molecule has 0 saturated carbocycles. The van der Waals surface area contributed by atoms with Crippen molar-refractivity contribution in [3.8, 4) is 11.5 Å². The fourth-order valence-corrected chi connectivity index (χ4v) is 5.83. The van der Waals surface area contributed by atoms with Crippen LogP contribution in [0.3, 0.4) is 0 Å². The van der Waals surface area contributed by atoms with Crippen molar-refractivity contribution in [1.29, 1.82) is 0 Å². The van der Waals surface area contributed by atoms with Gasteiger partial charge in [0.15, 0.2) is 11.5 Å². The van der Waals surface area contributed by atoms with Crippen molar-refractivity contribution in [2.75, 3.05) is 77.9 Å². The first-order valence-corrected chi connectivity index (χ1v) is 16.5. The zero-order valence-corrected chi connectivity index (χ0v) is 28.0. The van der Waals surface area contributed by atoms with Crippen LogP contribution in [-0.2, 0) is 16.1 Å². The summed E-state index contributed by atoms with van der Waals surface area (Å²) in [5, 5.41) is 9.84. The van der Waals surface area contributed by atoms with Crippen LogP contribution in [-0.4, -0.2) is 115 Å². The minimum atomic E-state index is -0.543. The van der Waals surface area contributed by atoms with Crippen LogP contribution in [0.2, 0.25) is 5.02 Å². The summed E-state index contributed by atoms with van der Waals surface area (Å²) in [5.41, 5.74) is 1.85. The van der Waals surface area contributed by atoms with Gasteiger partial charge in [-0.15, -0.1) is 0 Å². The summed E-state index contributed by atoms with van der Waals surface area (Å²) in [7, 11) is 1.82. The Kier molecular flexibility index (Phi) is 12.0.